The van der Waals surface area contributed by atoms with Gasteiger partial charge in [0, 0.05) is 48.7 Å². The molecule has 2 aromatic heterocycles. The van der Waals surface area contributed by atoms with Crippen LogP contribution in [0.5, 0.6) is 0 Å². The molecule has 0 bridgehead atoms. The minimum atomic E-state index is -0.152. The molecule has 392 valence electrons. The SMILES string of the molecule is CC1(C)c2ccccc2Cc2ccccc21.CC1(C)c2ccccc2N(c2ccc3c(=O)c4ccc(N5c6ccccc6C(C)(C)c6ccccc65)cc4oc3c2)c2ccccc21.O=c1c2ccc(Br)cc2oc2cc(Br)ccc12. The van der Waals surface area contributed by atoms with Crippen LogP contribution in [0.2, 0.25) is 0 Å². The Kier molecular flexibility index (Phi) is 12.5. The number of nitrogens with zero attached hydrogens (tertiary/aromatic N) is 2. The van der Waals surface area contributed by atoms with E-state index in [4.69, 9.17) is 8.83 Å². The Hall–Kier alpha value is -8.30. The minimum absolute atomic E-state index is 0.00116. The van der Waals surface area contributed by atoms with Crippen molar-refractivity contribution < 1.29 is 8.83 Å². The van der Waals surface area contributed by atoms with Gasteiger partial charge in [0.15, 0.2) is 0 Å². The lowest BCUT2D eigenvalue weighted by molar-refractivity contribution is 0.610. The predicted molar refractivity (Wildman–Crippen MR) is 337 cm³/mol. The van der Waals surface area contributed by atoms with Crippen LogP contribution in [0.4, 0.5) is 34.1 Å². The van der Waals surface area contributed by atoms with Crippen molar-refractivity contribution in [2.45, 2.75) is 64.2 Å². The zero-order valence-electron chi connectivity index (χ0n) is 45.3. The van der Waals surface area contributed by atoms with Crippen molar-refractivity contribution in [2.24, 2.45) is 0 Å². The first-order valence-corrected chi connectivity index (χ1v) is 28.7. The molecule has 0 N–H and O–H groups in total. The number of anilines is 6. The van der Waals surface area contributed by atoms with Crippen molar-refractivity contribution in [3.8, 4) is 0 Å². The van der Waals surface area contributed by atoms with Gasteiger partial charge < -0.3 is 18.6 Å². The summed E-state index contributed by atoms with van der Waals surface area (Å²) in [5.41, 5.74) is 19.5. The molecular weight excluding hydrogens is 1120 g/mol. The maximum Gasteiger partial charge on any atom is 0.200 e. The van der Waals surface area contributed by atoms with Crippen LogP contribution in [-0.4, -0.2) is 0 Å². The number of rotatable bonds is 2. The lowest BCUT2D eigenvalue weighted by atomic mass is 9.69. The molecule has 0 radical (unpaired) electrons. The van der Waals surface area contributed by atoms with Crippen LogP contribution in [0.15, 0.2) is 246 Å². The maximum absolute atomic E-state index is 13.9. The molecule has 0 amide bonds. The summed E-state index contributed by atoms with van der Waals surface area (Å²) in [5, 5.41) is 2.35. The molecule has 4 heterocycles. The van der Waals surface area contributed by atoms with Gasteiger partial charge in [-0.2, -0.15) is 0 Å². The van der Waals surface area contributed by atoms with E-state index in [1.165, 1.54) is 44.5 Å². The van der Waals surface area contributed by atoms with Crippen molar-refractivity contribution in [1.29, 1.82) is 0 Å². The third-order valence-corrected chi connectivity index (χ3v) is 17.8. The fourth-order valence-electron chi connectivity index (χ4n) is 12.7. The Morgan fingerprint density at radius 3 is 0.963 bits per heavy atom. The van der Waals surface area contributed by atoms with E-state index in [1.54, 1.807) is 24.3 Å². The highest BCUT2D eigenvalue weighted by atomic mass is 79.9. The summed E-state index contributed by atoms with van der Waals surface area (Å²) in [5.74, 6) is 0. The van der Waals surface area contributed by atoms with Crippen LogP contribution >= 0.6 is 31.9 Å². The molecule has 12 aromatic rings. The third kappa shape index (κ3) is 8.42. The molecule has 0 saturated heterocycles. The summed E-state index contributed by atoms with van der Waals surface area (Å²) in [4.78, 5) is 30.7. The van der Waals surface area contributed by atoms with Crippen LogP contribution in [0.3, 0.4) is 0 Å². The fraction of sp³-hybridized carbons (Fsp3) is 0.139. The Morgan fingerprint density at radius 1 is 0.338 bits per heavy atom. The van der Waals surface area contributed by atoms with E-state index in [0.29, 0.717) is 43.9 Å². The Labute approximate surface area is 481 Å². The van der Waals surface area contributed by atoms with Crippen molar-refractivity contribution in [1.82, 2.24) is 0 Å². The van der Waals surface area contributed by atoms with E-state index in [0.717, 1.165) is 49.5 Å². The van der Waals surface area contributed by atoms with E-state index in [9.17, 15) is 9.59 Å². The van der Waals surface area contributed by atoms with Crippen molar-refractivity contribution in [3.63, 3.8) is 0 Å². The van der Waals surface area contributed by atoms with Gasteiger partial charge in [0.2, 0.25) is 10.9 Å². The topological polar surface area (TPSA) is 66.9 Å². The lowest BCUT2D eigenvalue weighted by Crippen LogP contribution is -2.30. The number of hydrogen-bond acceptors (Lipinski definition) is 6. The number of benzene rings is 10. The highest BCUT2D eigenvalue weighted by Crippen LogP contribution is 2.54. The normalized spacial score (nSPS) is 14.8. The molecule has 10 aromatic carbocycles. The number of para-hydroxylation sites is 4. The van der Waals surface area contributed by atoms with Crippen molar-refractivity contribution in [2.75, 3.05) is 9.80 Å². The molecule has 6 nitrogen and oxygen atoms in total. The first kappa shape index (κ1) is 51.2. The summed E-state index contributed by atoms with van der Waals surface area (Å²) in [6.45, 7) is 13.8. The van der Waals surface area contributed by atoms with E-state index in [2.05, 4.69) is 229 Å². The number of hydrogen-bond donors (Lipinski definition) is 0. The predicted octanol–water partition coefficient (Wildman–Crippen LogP) is 19.6. The number of fused-ring (bicyclic) bond motifs is 10. The zero-order chi connectivity index (χ0) is 55.2. The van der Waals surface area contributed by atoms with Gasteiger partial charge in [0.25, 0.3) is 0 Å². The summed E-state index contributed by atoms with van der Waals surface area (Å²) < 4.78 is 14.2. The summed E-state index contributed by atoms with van der Waals surface area (Å²) in [6, 6.07) is 74.7. The third-order valence-electron chi connectivity index (χ3n) is 16.8. The first-order valence-electron chi connectivity index (χ1n) is 27.1. The molecule has 0 atom stereocenters. The van der Waals surface area contributed by atoms with Gasteiger partial charge in [0.1, 0.15) is 22.3 Å². The fourth-order valence-corrected chi connectivity index (χ4v) is 13.4. The van der Waals surface area contributed by atoms with Crippen LogP contribution in [0.25, 0.3) is 43.9 Å². The minimum Gasteiger partial charge on any atom is -0.456 e. The average Bonchev–Trinajstić information content (AvgIpc) is 3.66. The maximum atomic E-state index is 13.9. The molecule has 0 unspecified atom stereocenters. The molecule has 1 aliphatic carbocycles. The van der Waals surface area contributed by atoms with Gasteiger partial charge in [-0.3, -0.25) is 9.59 Å². The molecule has 3 aliphatic rings. The monoisotopic (exact) mass is 1170 g/mol. The van der Waals surface area contributed by atoms with Gasteiger partial charge in [-0.1, -0.05) is 195 Å². The largest absolute Gasteiger partial charge is 0.456 e. The van der Waals surface area contributed by atoms with Crippen LogP contribution < -0.4 is 20.7 Å². The molecule has 8 heteroatoms. The average molecular weight is 1170 g/mol. The first-order chi connectivity index (χ1) is 38.6. The molecule has 15 rings (SSSR count). The van der Waals surface area contributed by atoms with E-state index >= 15 is 0 Å². The molecular formula is C72H56Br2N2O4. The van der Waals surface area contributed by atoms with E-state index < -0.39 is 0 Å². The zero-order valence-corrected chi connectivity index (χ0v) is 48.4. The van der Waals surface area contributed by atoms with Gasteiger partial charge in [0.05, 0.1) is 44.3 Å². The summed E-state index contributed by atoms with van der Waals surface area (Å²) in [6.07, 6.45) is 1.08. The second kappa shape index (κ2) is 19.5. The van der Waals surface area contributed by atoms with E-state index in [-0.39, 0.29) is 27.1 Å². The van der Waals surface area contributed by atoms with E-state index in [1.807, 2.05) is 48.5 Å². The Bertz CT molecular complexity index is 4230. The van der Waals surface area contributed by atoms with Gasteiger partial charge in [-0.25, -0.2) is 0 Å². The summed E-state index contributed by atoms with van der Waals surface area (Å²) in [7, 11) is 0. The second-order valence-corrected chi connectivity index (χ2v) is 24.4. The second-order valence-electron chi connectivity index (χ2n) is 22.6. The van der Waals surface area contributed by atoms with Crippen molar-refractivity contribution in [3.05, 3.63) is 292 Å². The lowest BCUT2D eigenvalue weighted by Gasteiger charge is -2.42. The molecule has 80 heavy (non-hydrogen) atoms. The van der Waals surface area contributed by atoms with Gasteiger partial charge in [-0.05, 0) is 136 Å². The smallest absolute Gasteiger partial charge is 0.200 e. The number of halogens is 2. The quantitative estimate of drug-likeness (QED) is 0.161. The molecule has 0 spiro atoms. The Balaban J connectivity index is 0.000000148. The van der Waals surface area contributed by atoms with Crippen LogP contribution in [0.1, 0.15) is 86.1 Å². The van der Waals surface area contributed by atoms with Crippen molar-refractivity contribution >= 4 is 110 Å². The standard InChI is InChI=1S/C43H34N2O2.C16H16.C13H6Br2O2/c1-42(2)31-13-5-9-17-35(31)44(36-18-10-6-14-32(36)42)27-21-23-29-39(25-27)47-40-26-28(22-24-30(40)41(29)46)45-37-19-11-7-15-33(37)43(3,4)34-16-8-12-20-38(34)45;1-16(2)14-9-5-3-7-12(14)11-13-8-4-6-10-15(13)16;14-7-1-3-9-11(5-7)17-12-6-8(15)2-4-10(12)13(9)16/h5-26H,1-4H3;3-10H,11H2,1-2H3;1-6H. The van der Waals surface area contributed by atoms with Gasteiger partial charge >= 0.3 is 0 Å². The van der Waals surface area contributed by atoms with Crippen LogP contribution in [0, 0.1) is 0 Å². The summed E-state index contributed by atoms with van der Waals surface area (Å²) >= 11 is 6.73. The van der Waals surface area contributed by atoms with Crippen LogP contribution in [-0.2, 0) is 22.7 Å². The highest BCUT2D eigenvalue weighted by Gasteiger charge is 2.38. The molecule has 0 fully saturated rings. The Morgan fingerprint density at radius 2 is 0.613 bits per heavy atom. The molecule has 2 aliphatic heterocycles. The highest BCUT2D eigenvalue weighted by molar-refractivity contribution is 9.10. The molecule has 0 saturated carbocycles. The van der Waals surface area contributed by atoms with Gasteiger partial charge in [-0.15, -0.1) is 0 Å².